The van der Waals surface area contributed by atoms with Crippen molar-refractivity contribution in [2.75, 3.05) is 14.1 Å². The maximum absolute atomic E-state index is 12.4. The van der Waals surface area contributed by atoms with Crippen LogP contribution >= 0.6 is 11.8 Å². The van der Waals surface area contributed by atoms with E-state index in [1.165, 1.54) is 24.0 Å². The number of thioether (sulfide) groups is 1. The van der Waals surface area contributed by atoms with Gasteiger partial charge in [0.25, 0.3) is 0 Å². The van der Waals surface area contributed by atoms with Gasteiger partial charge in [0.1, 0.15) is 5.82 Å². The summed E-state index contributed by atoms with van der Waals surface area (Å²) in [6.07, 6.45) is 0. The summed E-state index contributed by atoms with van der Waals surface area (Å²) in [6.45, 7) is 4.87. The fourth-order valence-corrected chi connectivity index (χ4v) is 5.05. The molecule has 7 nitrogen and oxygen atoms in total. The monoisotopic (exact) mass is 429 g/mol. The van der Waals surface area contributed by atoms with Crippen molar-refractivity contribution >= 4 is 43.9 Å². The fraction of sp³-hybridized carbons (Fsp3) is 0.300. The first-order valence-corrected chi connectivity index (χ1v) is 11.7. The minimum absolute atomic E-state index is 0.252. The Balaban J connectivity index is 1.65. The predicted octanol–water partition coefficient (Wildman–Crippen LogP) is 3.78. The maximum Gasteiger partial charge on any atom is 0.242 e. The summed E-state index contributed by atoms with van der Waals surface area (Å²) < 4.78 is 28.2. The average molecular weight is 430 g/mol. The molecule has 0 aliphatic carbocycles. The van der Waals surface area contributed by atoms with Gasteiger partial charge in [-0.1, -0.05) is 17.8 Å². The van der Waals surface area contributed by atoms with Gasteiger partial charge in [-0.3, -0.25) is 0 Å². The highest BCUT2D eigenvalue weighted by Gasteiger charge is 2.19. The number of nitrogens with zero attached hydrogens (tertiary/aromatic N) is 4. The molecule has 0 spiro atoms. The molecular formula is C20H23N5O2S2. The molecule has 0 aliphatic rings. The van der Waals surface area contributed by atoms with E-state index in [2.05, 4.69) is 34.4 Å². The number of benzene rings is 2. The molecule has 0 unspecified atom stereocenters. The second kappa shape index (κ2) is 7.47. The summed E-state index contributed by atoms with van der Waals surface area (Å²) in [5, 5.41) is 0.844. The molecule has 0 saturated carbocycles. The van der Waals surface area contributed by atoms with Gasteiger partial charge in [0.2, 0.25) is 10.0 Å². The SMILES string of the molecule is CCn1c(CSc2nc3ccc(C)cc3[nH]2)nc2cc(S(=O)(=O)N(C)C)ccc21. The lowest BCUT2D eigenvalue weighted by Crippen LogP contribution is -2.22. The van der Waals surface area contributed by atoms with E-state index in [0.29, 0.717) is 11.3 Å². The summed E-state index contributed by atoms with van der Waals surface area (Å²) in [7, 11) is -0.431. The normalized spacial score (nSPS) is 12.4. The Kier molecular flexibility index (Phi) is 5.14. The largest absolute Gasteiger partial charge is 0.333 e. The summed E-state index contributed by atoms with van der Waals surface area (Å²) >= 11 is 1.59. The van der Waals surface area contributed by atoms with E-state index in [9.17, 15) is 8.42 Å². The highest BCUT2D eigenvalue weighted by molar-refractivity contribution is 7.98. The van der Waals surface area contributed by atoms with Gasteiger partial charge in [-0.05, 0) is 49.7 Å². The Bertz CT molecular complexity index is 1310. The van der Waals surface area contributed by atoms with Gasteiger partial charge in [0.15, 0.2) is 5.16 Å². The standard InChI is InChI=1S/C20H23N5O2S2/c1-5-25-18-9-7-14(29(26,27)24(3)4)11-17(18)21-19(25)12-28-20-22-15-8-6-13(2)10-16(15)23-20/h6-11H,5,12H2,1-4H3,(H,22,23). The third-order valence-corrected chi connectivity index (χ3v) is 7.53. The maximum atomic E-state index is 12.4. The van der Waals surface area contributed by atoms with Crippen molar-refractivity contribution in [3.63, 3.8) is 0 Å². The number of nitrogens with one attached hydrogen (secondary N) is 1. The van der Waals surface area contributed by atoms with Crippen LogP contribution in [-0.4, -0.2) is 46.3 Å². The van der Waals surface area contributed by atoms with Crippen LogP contribution < -0.4 is 0 Å². The van der Waals surface area contributed by atoms with Crippen LogP contribution in [0.15, 0.2) is 46.5 Å². The van der Waals surface area contributed by atoms with Crippen LogP contribution in [0, 0.1) is 6.92 Å². The van der Waals surface area contributed by atoms with Crippen LogP contribution in [0.2, 0.25) is 0 Å². The lowest BCUT2D eigenvalue weighted by Gasteiger charge is -2.11. The van der Waals surface area contributed by atoms with Gasteiger partial charge in [0, 0.05) is 20.6 Å². The number of sulfonamides is 1. The first-order valence-electron chi connectivity index (χ1n) is 9.30. The lowest BCUT2D eigenvalue weighted by atomic mass is 10.2. The third kappa shape index (κ3) is 3.65. The number of hydrogen-bond acceptors (Lipinski definition) is 5. The zero-order valence-electron chi connectivity index (χ0n) is 16.8. The summed E-state index contributed by atoms with van der Waals surface area (Å²) in [6, 6.07) is 11.3. The topological polar surface area (TPSA) is 83.9 Å². The minimum Gasteiger partial charge on any atom is -0.333 e. The zero-order chi connectivity index (χ0) is 20.8. The van der Waals surface area contributed by atoms with Crippen molar-refractivity contribution in [2.45, 2.75) is 36.2 Å². The van der Waals surface area contributed by atoms with Gasteiger partial charge < -0.3 is 9.55 Å². The van der Waals surface area contributed by atoms with Crippen LogP contribution in [0.4, 0.5) is 0 Å². The molecule has 29 heavy (non-hydrogen) atoms. The molecule has 0 fully saturated rings. The zero-order valence-corrected chi connectivity index (χ0v) is 18.4. The molecule has 0 atom stereocenters. The Morgan fingerprint density at radius 2 is 1.90 bits per heavy atom. The van der Waals surface area contributed by atoms with Gasteiger partial charge in [-0.15, -0.1) is 0 Å². The molecular weight excluding hydrogens is 406 g/mol. The Hall–Kier alpha value is -2.36. The van der Waals surface area contributed by atoms with Crippen LogP contribution in [0.25, 0.3) is 22.1 Å². The van der Waals surface area contributed by atoms with Crippen molar-refractivity contribution in [2.24, 2.45) is 0 Å². The molecule has 0 aliphatic heterocycles. The predicted molar refractivity (Wildman–Crippen MR) is 117 cm³/mol. The van der Waals surface area contributed by atoms with Crippen molar-refractivity contribution in [3.8, 4) is 0 Å². The molecule has 2 aromatic carbocycles. The number of hydrogen-bond donors (Lipinski definition) is 1. The highest BCUT2D eigenvalue weighted by atomic mass is 32.2. The molecule has 9 heteroatoms. The summed E-state index contributed by atoms with van der Waals surface area (Å²) in [5.41, 5.74) is 4.77. The van der Waals surface area contributed by atoms with Crippen molar-refractivity contribution < 1.29 is 8.42 Å². The molecule has 4 rings (SSSR count). The van der Waals surface area contributed by atoms with Crippen LogP contribution in [0.5, 0.6) is 0 Å². The van der Waals surface area contributed by atoms with Crippen molar-refractivity contribution in [1.82, 2.24) is 23.8 Å². The second-order valence-corrected chi connectivity index (χ2v) is 10.2. The highest BCUT2D eigenvalue weighted by Crippen LogP contribution is 2.27. The van der Waals surface area contributed by atoms with Gasteiger partial charge in [-0.25, -0.2) is 22.7 Å². The molecule has 1 N–H and O–H groups in total. The number of aryl methyl sites for hydroxylation is 2. The Morgan fingerprint density at radius 3 is 2.62 bits per heavy atom. The van der Waals surface area contributed by atoms with Crippen LogP contribution in [0.3, 0.4) is 0 Å². The number of aromatic amines is 1. The average Bonchev–Trinajstić information content (AvgIpc) is 3.25. The minimum atomic E-state index is -3.49. The van der Waals surface area contributed by atoms with E-state index in [-0.39, 0.29) is 4.90 Å². The quantitative estimate of drug-likeness (QED) is 0.472. The number of fused-ring (bicyclic) bond motifs is 2. The molecule has 0 saturated heterocycles. The van der Waals surface area contributed by atoms with E-state index in [0.717, 1.165) is 34.1 Å². The summed E-state index contributed by atoms with van der Waals surface area (Å²) in [4.78, 5) is 12.9. The van der Waals surface area contributed by atoms with E-state index in [4.69, 9.17) is 4.98 Å². The molecule has 0 amide bonds. The van der Waals surface area contributed by atoms with Crippen LogP contribution in [-0.2, 0) is 22.3 Å². The van der Waals surface area contributed by atoms with Gasteiger partial charge in [-0.2, -0.15) is 0 Å². The fourth-order valence-electron chi connectivity index (χ4n) is 3.30. The molecule has 2 heterocycles. The molecule has 0 bridgehead atoms. The molecule has 152 valence electrons. The van der Waals surface area contributed by atoms with Gasteiger partial charge in [0.05, 0.1) is 32.7 Å². The second-order valence-electron chi connectivity index (χ2n) is 7.06. The summed E-state index contributed by atoms with van der Waals surface area (Å²) in [5.74, 6) is 1.53. The first kappa shape index (κ1) is 19.9. The smallest absolute Gasteiger partial charge is 0.242 e. The van der Waals surface area contributed by atoms with E-state index in [1.54, 1.807) is 23.9 Å². The Morgan fingerprint density at radius 1 is 1.10 bits per heavy atom. The number of H-pyrrole nitrogens is 1. The molecule has 0 radical (unpaired) electrons. The van der Waals surface area contributed by atoms with Crippen LogP contribution in [0.1, 0.15) is 18.3 Å². The van der Waals surface area contributed by atoms with E-state index in [1.807, 2.05) is 18.2 Å². The number of aromatic nitrogens is 4. The molecule has 2 aromatic heterocycles. The number of rotatable bonds is 6. The number of imidazole rings is 2. The van der Waals surface area contributed by atoms with E-state index >= 15 is 0 Å². The Labute approximate surface area is 174 Å². The van der Waals surface area contributed by atoms with Gasteiger partial charge >= 0.3 is 0 Å². The van der Waals surface area contributed by atoms with Crippen molar-refractivity contribution in [3.05, 3.63) is 47.8 Å². The first-order chi connectivity index (χ1) is 13.8. The molecule has 4 aromatic rings. The van der Waals surface area contributed by atoms with Crippen molar-refractivity contribution in [1.29, 1.82) is 0 Å². The van der Waals surface area contributed by atoms with E-state index < -0.39 is 10.0 Å². The lowest BCUT2D eigenvalue weighted by molar-refractivity contribution is 0.521. The third-order valence-electron chi connectivity index (χ3n) is 4.85.